The van der Waals surface area contributed by atoms with Crippen molar-refractivity contribution in [3.63, 3.8) is 0 Å². The Bertz CT molecular complexity index is 753. The van der Waals surface area contributed by atoms with Crippen LogP contribution < -0.4 is 14.8 Å². The fourth-order valence-electron chi connectivity index (χ4n) is 1.92. The molecule has 7 nitrogen and oxygen atoms in total. The van der Waals surface area contributed by atoms with Crippen molar-refractivity contribution in [2.75, 3.05) is 18.2 Å². The molecule has 0 radical (unpaired) electrons. The van der Waals surface area contributed by atoms with Gasteiger partial charge in [0.25, 0.3) is 10.9 Å². The molecule has 1 unspecified atom stereocenters. The average Bonchev–Trinajstić information content (AvgIpc) is 2.61. The number of aromatic nitrogens is 1. The Balaban J connectivity index is 1.86. The summed E-state index contributed by atoms with van der Waals surface area (Å²) in [5, 5.41) is 14.5. The maximum Gasteiger partial charge on any atom is 0.317 e. The lowest BCUT2D eigenvalue weighted by Gasteiger charge is -2.15. The minimum atomic E-state index is -0.979. The third kappa shape index (κ3) is 5.39. The quantitative estimate of drug-likeness (QED) is 0.351. The van der Waals surface area contributed by atoms with E-state index in [1.165, 1.54) is 20.2 Å². The molecule has 1 heterocycles. The molecule has 25 heavy (non-hydrogen) atoms. The maximum atomic E-state index is 12.1. The number of methoxy groups -OCH3 is 1. The standard InChI is InChI=1S/C17H18N2O5S/c1-12(17(21)18-13-7-3-4-8-14(13)23-2)24-16(20)11-25-15-9-5-6-10-19(15)22/h3-10,12H,11H2,1-2H3,(H,18,21). The highest BCUT2D eigenvalue weighted by atomic mass is 32.2. The molecule has 1 amide bonds. The molecule has 0 spiro atoms. The second-order valence-corrected chi connectivity index (χ2v) is 5.97. The van der Waals surface area contributed by atoms with Crippen LogP contribution in [0.1, 0.15) is 6.92 Å². The third-order valence-corrected chi connectivity index (χ3v) is 4.16. The van der Waals surface area contributed by atoms with E-state index in [-0.39, 0.29) is 5.75 Å². The number of thioether (sulfide) groups is 1. The van der Waals surface area contributed by atoms with Crippen LogP contribution in [0.25, 0.3) is 0 Å². The molecular weight excluding hydrogens is 344 g/mol. The van der Waals surface area contributed by atoms with E-state index in [1.54, 1.807) is 42.5 Å². The Kier molecular flexibility index (Phi) is 6.64. The van der Waals surface area contributed by atoms with Crippen LogP contribution in [0.4, 0.5) is 5.69 Å². The number of hydrogen-bond acceptors (Lipinski definition) is 6. The van der Waals surface area contributed by atoms with E-state index < -0.39 is 18.0 Å². The SMILES string of the molecule is COc1ccccc1NC(=O)C(C)OC(=O)CSc1cccc[n+]1[O-]. The predicted octanol–water partition coefficient (Wildman–Crippen LogP) is 1.99. The molecule has 2 rings (SSSR count). The van der Waals surface area contributed by atoms with Crippen molar-refractivity contribution in [3.05, 3.63) is 53.9 Å². The van der Waals surface area contributed by atoms with Crippen LogP contribution in [-0.2, 0) is 14.3 Å². The van der Waals surface area contributed by atoms with Crippen LogP contribution in [0, 0.1) is 5.21 Å². The van der Waals surface area contributed by atoms with E-state index in [9.17, 15) is 14.8 Å². The summed E-state index contributed by atoms with van der Waals surface area (Å²) in [6.45, 7) is 1.48. The Morgan fingerprint density at radius 2 is 1.96 bits per heavy atom. The highest BCUT2D eigenvalue weighted by Crippen LogP contribution is 2.23. The minimum Gasteiger partial charge on any atom is -0.618 e. The monoisotopic (exact) mass is 362 g/mol. The number of carbonyl (C=O) groups excluding carboxylic acids is 2. The Morgan fingerprint density at radius 3 is 2.68 bits per heavy atom. The van der Waals surface area contributed by atoms with Gasteiger partial charge in [0.15, 0.2) is 12.3 Å². The maximum absolute atomic E-state index is 12.1. The van der Waals surface area contributed by atoms with Crippen LogP contribution in [0.15, 0.2) is 53.7 Å². The molecule has 0 saturated heterocycles. The van der Waals surface area contributed by atoms with Gasteiger partial charge in [-0.2, -0.15) is 4.73 Å². The van der Waals surface area contributed by atoms with Crippen molar-refractivity contribution in [1.29, 1.82) is 0 Å². The van der Waals surface area contributed by atoms with E-state index in [1.807, 2.05) is 0 Å². The van der Waals surface area contributed by atoms with Crippen LogP contribution >= 0.6 is 11.8 Å². The molecular formula is C17H18N2O5S. The molecule has 2 aromatic rings. The molecule has 1 aromatic carbocycles. The zero-order chi connectivity index (χ0) is 18.2. The van der Waals surface area contributed by atoms with E-state index >= 15 is 0 Å². The second kappa shape index (κ2) is 8.93. The number of nitrogens with one attached hydrogen (secondary N) is 1. The molecule has 0 fully saturated rings. The summed E-state index contributed by atoms with van der Waals surface area (Å²) in [4.78, 5) is 24.0. The van der Waals surface area contributed by atoms with E-state index in [0.29, 0.717) is 21.2 Å². The Labute approximate surface area is 149 Å². The van der Waals surface area contributed by atoms with Crippen molar-refractivity contribution < 1.29 is 23.8 Å². The first-order chi connectivity index (χ1) is 12.0. The van der Waals surface area contributed by atoms with Crippen LogP contribution in [0.5, 0.6) is 5.75 Å². The molecule has 1 N–H and O–H groups in total. The number of benzene rings is 1. The van der Waals surface area contributed by atoms with Crippen molar-refractivity contribution in [3.8, 4) is 5.75 Å². The number of amides is 1. The number of anilines is 1. The van der Waals surface area contributed by atoms with Crippen molar-refractivity contribution in [2.45, 2.75) is 18.1 Å². The van der Waals surface area contributed by atoms with Gasteiger partial charge < -0.3 is 20.0 Å². The normalized spacial score (nSPS) is 11.4. The third-order valence-electron chi connectivity index (χ3n) is 3.17. The van der Waals surface area contributed by atoms with Crippen LogP contribution in [0.3, 0.4) is 0 Å². The highest BCUT2D eigenvalue weighted by molar-refractivity contribution is 7.99. The summed E-state index contributed by atoms with van der Waals surface area (Å²) in [5.41, 5.74) is 0.490. The van der Waals surface area contributed by atoms with Gasteiger partial charge in [-0.3, -0.25) is 9.59 Å². The summed E-state index contributed by atoms with van der Waals surface area (Å²) in [6.07, 6.45) is 0.366. The summed E-state index contributed by atoms with van der Waals surface area (Å²) in [5.74, 6) is -0.620. The summed E-state index contributed by atoms with van der Waals surface area (Å²) in [7, 11) is 1.50. The lowest BCUT2D eigenvalue weighted by atomic mass is 10.2. The molecule has 0 saturated carbocycles. The number of pyridine rings is 1. The van der Waals surface area contributed by atoms with Gasteiger partial charge in [-0.25, -0.2) is 0 Å². The van der Waals surface area contributed by atoms with Gasteiger partial charge in [-0.05, 0) is 36.9 Å². The number of carbonyl (C=O) groups is 2. The largest absolute Gasteiger partial charge is 0.618 e. The first-order valence-corrected chi connectivity index (χ1v) is 8.44. The van der Waals surface area contributed by atoms with E-state index in [2.05, 4.69) is 5.32 Å². The Morgan fingerprint density at radius 1 is 1.24 bits per heavy atom. The van der Waals surface area contributed by atoms with Gasteiger partial charge in [0, 0.05) is 12.1 Å². The Hall–Kier alpha value is -2.74. The van der Waals surface area contributed by atoms with Crippen molar-refractivity contribution >= 4 is 29.3 Å². The summed E-state index contributed by atoms with van der Waals surface area (Å²) >= 11 is 1.04. The fraction of sp³-hybridized carbons (Fsp3) is 0.235. The van der Waals surface area contributed by atoms with Crippen LogP contribution in [-0.4, -0.2) is 30.8 Å². The molecule has 0 aliphatic heterocycles. The fourth-order valence-corrected chi connectivity index (χ4v) is 2.62. The number of esters is 1. The second-order valence-electron chi connectivity index (χ2n) is 4.97. The zero-order valence-electron chi connectivity index (χ0n) is 13.8. The number of rotatable bonds is 7. The van der Waals surface area contributed by atoms with Gasteiger partial charge in [0.1, 0.15) is 11.5 Å². The van der Waals surface area contributed by atoms with Gasteiger partial charge in [-0.1, -0.05) is 12.1 Å². The molecule has 1 aromatic heterocycles. The molecule has 1 atom stereocenters. The number of hydrogen-bond donors (Lipinski definition) is 1. The van der Waals surface area contributed by atoms with Crippen molar-refractivity contribution in [2.24, 2.45) is 0 Å². The summed E-state index contributed by atoms with van der Waals surface area (Å²) < 4.78 is 10.9. The number of ether oxygens (including phenoxy) is 2. The molecule has 0 aliphatic rings. The van der Waals surface area contributed by atoms with E-state index in [0.717, 1.165) is 11.8 Å². The lowest BCUT2D eigenvalue weighted by Crippen LogP contribution is -2.31. The predicted molar refractivity (Wildman–Crippen MR) is 93.3 cm³/mol. The highest BCUT2D eigenvalue weighted by Gasteiger charge is 2.20. The molecule has 0 bridgehead atoms. The van der Waals surface area contributed by atoms with Gasteiger partial charge in [-0.15, -0.1) is 0 Å². The topological polar surface area (TPSA) is 91.6 Å². The summed E-state index contributed by atoms with van der Waals surface area (Å²) in [6, 6.07) is 11.8. The van der Waals surface area contributed by atoms with Crippen LogP contribution in [0.2, 0.25) is 0 Å². The molecule has 132 valence electrons. The average molecular weight is 362 g/mol. The minimum absolute atomic E-state index is 0.0709. The molecule has 0 aliphatic carbocycles. The first-order valence-electron chi connectivity index (χ1n) is 7.45. The van der Waals surface area contributed by atoms with Gasteiger partial charge in [0.05, 0.1) is 12.8 Å². The van der Waals surface area contributed by atoms with E-state index in [4.69, 9.17) is 9.47 Å². The van der Waals surface area contributed by atoms with Gasteiger partial charge >= 0.3 is 5.97 Å². The number of para-hydroxylation sites is 2. The lowest BCUT2D eigenvalue weighted by molar-refractivity contribution is -0.645. The molecule has 8 heteroatoms. The van der Waals surface area contributed by atoms with Gasteiger partial charge in [0.2, 0.25) is 0 Å². The first kappa shape index (κ1) is 18.6. The van der Waals surface area contributed by atoms with Crippen molar-refractivity contribution in [1.82, 2.24) is 0 Å². The zero-order valence-corrected chi connectivity index (χ0v) is 14.6. The smallest absolute Gasteiger partial charge is 0.317 e. The number of nitrogens with zero attached hydrogens (tertiary/aromatic N) is 1.